The van der Waals surface area contributed by atoms with Gasteiger partial charge in [-0.3, -0.25) is 14.3 Å². The number of aryl methyl sites for hydroxylation is 2. The molecule has 9 nitrogen and oxygen atoms in total. The molecule has 0 saturated carbocycles. The molecule has 2 aromatic heterocycles. The molecule has 0 fully saturated rings. The van der Waals surface area contributed by atoms with Gasteiger partial charge in [-0.25, -0.2) is 4.68 Å². The van der Waals surface area contributed by atoms with Crippen LogP contribution in [-0.4, -0.2) is 36.6 Å². The van der Waals surface area contributed by atoms with E-state index in [2.05, 4.69) is 20.7 Å². The van der Waals surface area contributed by atoms with Crippen molar-refractivity contribution in [2.75, 3.05) is 5.32 Å². The first-order chi connectivity index (χ1) is 12.4. The molecule has 134 valence electrons. The highest BCUT2D eigenvalue weighted by molar-refractivity contribution is 6.08. The number of amides is 2. The van der Waals surface area contributed by atoms with Crippen LogP contribution in [0.5, 0.6) is 0 Å². The highest BCUT2D eigenvalue weighted by Gasteiger charge is 2.23. The Labute approximate surface area is 149 Å². The highest BCUT2D eigenvalue weighted by atomic mass is 16.2. The smallest absolute Gasteiger partial charge is 0.278 e. The van der Waals surface area contributed by atoms with Gasteiger partial charge in [0.1, 0.15) is 5.69 Å². The molecule has 26 heavy (non-hydrogen) atoms. The van der Waals surface area contributed by atoms with Crippen molar-refractivity contribution in [3.8, 4) is 0 Å². The maximum Gasteiger partial charge on any atom is 0.278 e. The second kappa shape index (κ2) is 6.79. The first kappa shape index (κ1) is 17.3. The van der Waals surface area contributed by atoms with Crippen molar-refractivity contribution in [1.82, 2.24) is 24.8 Å². The third kappa shape index (κ3) is 3.18. The number of aromatic nitrogens is 5. The minimum atomic E-state index is -0.673. The van der Waals surface area contributed by atoms with E-state index in [1.165, 1.54) is 4.68 Å². The summed E-state index contributed by atoms with van der Waals surface area (Å²) in [6, 6.07) is 9.75. The Hall–Kier alpha value is -3.49. The number of nitrogens with one attached hydrogen (secondary N) is 1. The molecule has 1 aromatic carbocycles. The highest BCUT2D eigenvalue weighted by Crippen LogP contribution is 2.20. The maximum atomic E-state index is 12.6. The largest absolute Gasteiger partial charge is 0.364 e. The Kier molecular flexibility index (Phi) is 4.53. The van der Waals surface area contributed by atoms with Crippen LogP contribution in [0.1, 0.15) is 37.9 Å². The predicted molar refractivity (Wildman–Crippen MR) is 94.7 cm³/mol. The molecule has 3 N–H and O–H groups in total. The molecule has 2 amide bonds. The van der Waals surface area contributed by atoms with E-state index >= 15 is 0 Å². The third-order valence-corrected chi connectivity index (χ3v) is 4.07. The summed E-state index contributed by atoms with van der Waals surface area (Å²) in [5.41, 5.74) is 8.13. The average molecular weight is 353 g/mol. The van der Waals surface area contributed by atoms with Crippen LogP contribution in [0.2, 0.25) is 0 Å². The summed E-state index contributed by atoms with van der Waals surface area (Å²) >= 11 is 0. The van der Waals surface area contributed by atoms with Crippen molar-refractivity contribution in [2.24, 2.45) is 12.8 Å². The van der Waals surface area contributed by atoms with Gasteiger partial charge in [-0.15, -0.1) is 5.10 Å². The van der Waals surface area contributed by atoms with Crippen molar-refractivity contribution < 1.29 is 9.59 Å². The summed E-state index contributed by atoms with van der Waals surface area (Å²) in [7, 11) is 1.59. The lowest BCUT2D eigenvalue weighted by Gasteiger charge is -2.06. The zero-order valence-corrected chi connectivity index (χ0v) is 14.7. The van der Waals surface area contributed by atoms with Gasteiger partial charge in [0.2, 0.25) is 0 Å². The summed E-state index contributed by atoms with van der Waals surface area (Å²) in [5, 5.41) is 14.8. The van der Waals surface area contributed by atoms with Crippen molar-refractivity contribution >= 4 is 17.5 Å². The predicted octanol–water partition coefficient (Wildman–Crippen LogP) is 1.03. The molecule has 0 aliphatic carbocycles. The molecule has 0 radical (unpaired) electrons. The van der Waals surface area contributed by atoms with Gasteiger partial charge in [0.15, 0.2) is 5.69 Å². The molecule has 0 bridgehead atoms. The quantitative estimate of drug-likeness (QED) is 0.709. The van der Waals surface area contributed by atoms with Gasteiger partial charge in [0.05, 0.1) is 23.6 Å². The van der Waals surface area contributed by atoms with Gasteiger partial charge in [0, 0.05) is 7.05 Å². The lowest BCUT2D eigenvalue weighted by molar-refractivity contribution is 0.0992. The second-order valence-corrected chi connectivity index (χ2v) is 5.92. The molecular formula is C17H19N7O2. The van der Waals surface area contributed by atoms with Crippen LogP contribution in [0.3, 0.4) is 0 Å². The summed E-state index contributed by atoms with van der Waals surface area (Å²) in [6.07, 6.45) is 0. The fourth-order valence-electron chi connectivity index (χ4n) is 2.74. The molecule has 0 atom stereocenters. The monoisotopic (exact) mass is 353 g/mol. The van der Waals surface area contributed by atoms with Gasteiger partial charge in [-0.1, -0.05) is 35.5 Å². The molecule has 0 unspecified atom stereocenters. The first-order valence-corrected chi connectivity index (χ1v) is 7.97. The van der Waals surface area contributed by atoms with Crippen LogP contribution in [0.4, 0.5) is 5.69 Å². The summed E-state index contributed by atoms with van der Waals surface area (Å²) < 4.78 is 2.99. The fraction of sp³-hybridized carbons (Fsp3) is 0.235. The van der Waals surface area contributed by atoms with E-state index in [0.29, 0.717) is 17.9 Å². The Morgan fingerprint density at radius 3 is 2.54 bits per heavy atom. The Balaban J connectivity index is 1.85. The van der Waals surface area contributed by atoms with E-state index in [1.54, 1.807) is 25.6 Å². The number of rotatable bonds is 5. The van der Waals surface area contributed by atoms with E-state index in [-0.39, 0.29) is 17.1 Å². The molecule has 2 heterocycles. The van der Waals surface area contributed by atoms with Crippen molar-refractivity contribution in [3.63, 3.8) is 0 Å². The summed E-state index contributed by atoms with van der Waals surface area (Å²) in [6.45, 7) is 3.95. The Bertz CT molecular complexity index is 973. The Morgan fingerprint density at radius 1 is 1.19 bits per heavy atom. The van der Waals surface area contributed by atoms with Crippen LogP contribution >= 0.6 is 0 Å². The standard InChI is InChI=1S/C17H19N7O2/c1-10-13(15(16(18)25)23(3)21-10)19-17(26)14-11(2)24(22-20-14)9-12-7-5-4-6-8-12/h4-8H,9H2,1-3H3,(H2,18,25)(H,19,26). The minimum Gasteiger partial charge on any atom is -0.364 e. The number of nitrogens with two attached hydrogens (primary N) is 1. The van der Waals surface area contributed by atoms with Crippen LogP contribution in [0.15, 0.2) is 30.3 Å². The number of primary amides is 1. The molecule has 0 spiro atoms. The third-order valence-electron chi connectivity index (χ3n) is 4.07. The number of hydrogen-bond acceptors (Lipinski definition) is 5. The van der Waals surface area contributed by atoms with Crippen molar-refractivity contribution in [3.05, 3.63) is 58.7 Å². The summed E-state index contributed by atoms with van der Waals surface area (Å²) in [5.74, 6) is -1.15. The van der Waals surface area contributed by atoms with Crippen LogP contribution < -0.4 is 11.1 Å². The zero-order chi connectivity index (χ0) is 18.8. The van der Waals surface area contributed by atoms with Crippen molar-refractivity contribution in [2.45, 2.75) is 20.4 Å². The number of benzene rings is 1. The Morgan fingerprint density at radius 2 is 1.88 bits per heavy atom. The second-order valence-electron chi connectivity index (χ2n) is 5.92. The van der Waals surface area contributed by atoms with E-state index in [1.807, 2.05) is 30.3 Å². The molecule has 9 heteroatoms. The first-order valence-electron chi connectivity index (χ1n) is 7.97. The SMILES string of the molecule is Cc1nn(C)c(C(N)=O)c1NC(=O)c1nnn(Cc2ccccc2)c1C. The van der Waals surface area contributed by atoms with Gasteiger partial charge in [0.25, 0.3) is 11.8 Å². The minimum absolute atomic E-state index is 0.130. The summed E-state index contributed by atoms with van der Waals surface area (Å²) in [4.78, 5) is 24.2. The molecule has 0 aliphatic rings. The normalized spacial score (nSPS) is 10.7. The molecule has 3 rings (SSSR count). The number of carbonyl (C=O) groups is 2. The lowest BCUT2D eigenvalue weighted by Crippen LogP contribution is -2.21. The van der Waals surface area contributed by atoms with E-state index < -0.39 is 11.8 Å². The average Bonchev–Trinajstić information content (AvgIpc) is 3.08. The van der Waals surface area contributed by atoms with Crippen LogP contribution in [0, 0.1) is 13.8 Å². The van der Waals surface area contributed by atoms with Crippen molar-refractivity contribution in [1.29, 1.82) is 0 Å². The van der Waals surface area contributed by atoms with E-state index in [0.717, 1.165) is 5.56 Å². The number of hydrogen-bond donors (Lipinski definition) is 2. The zero-order valence-electron chi connectivity index (χ0n) is 14.7. The van der Waals surface area contributed by atoms with E-state index in [4.69, 9.17) is 5.73 Å². The lowest BCUT2D eigenvalue weighted by atomic mass is 10.2. The number of anilines is 1. The number of carbonyl (C=O) groups excluding carboxylic acids is 2. The number of nitrogens with zero attached hydrogens (tertiary/aromatic N) is 5. The molecule has 3 aromatic rings. The molecule has 0 saturated heterocycles. The topological polar surface area (TPSA) is 121 Å². The molecular weight excluding hydrogens is 334 g/mol. The van der Waals surface area contributed by atoms with Gasteiger partial charge < -0.3 is 11.1 Å². The van der Waals surface area contributed by atoms with Gasteiger partial charge >= 0.3 is 0 Å². The van der Waals surface area contributed by atoms with Gasteiger partial charge in [-0.2, -0.15) is 5.10 Å². The van der Waals surface area contributed by atoms with Crippen LogP contribution in [-0.2, 0) is 13.6 Å². The van der Waals surface area contributed by atoms with E-state index in [9.17, 15) is 9.59 Å². The van der Waals surface area contributed by atoms with Gasteiger partial charge in [-0.05, 0) is 19.4 Å². The van der Waals surface area contributed by atoms with Crippen LogP contribution in [0.25, 0.3) is 0 Å². The fourth-order valence-corrected chi connectivity index (χ4v) is 2.74. The molecule has 0 aliphatic heterocycles. The maximum absolute atomic E-state index is 12.6.